The number of likely N-dealkylation sites (tertiary alicyclic amines) is 1. The fourth-order valence-electron chi connectivity index (χ4n) is 3.52. The first-order valence-electron chi connectivity index (χ1n) is 9.74. The maximum atomic E-state index is 5.99. The lowest BCUT2D eigenvalue weighted by Crippen LogP contribution is -2.23. The number of pyridine rings is 1. The molecule has 1 aliphatic rings. The van der Waals surface area contributed by atoms with Crippen LogP contribution in [0.4, 0.5) is 5.82 Å². The van der Waals surface area contributed by atoms with E-state index in [0.29, 0.717) is 24.9 Å². The number of nitrogens with zero attached hydrogens (tertiary/aromatic N) is 4. The minimum absolute atomic E-state index is 0.134. The van der Waals surface area contributed by atoms with Crippen molar-refractivity contribution in [2.75, 3.05) is 32.1 Å². The monoisotopic (exact) mass is 413 g/mol. The van der Waals surface area contributed by atoms with Crippen molar-refractivity contribution in [3.8, 4) is 11.4 Å². The van der Waals surface area contributed by atoms with Crippen LogP contribution in [0.1, 0.15) is 30.3 Å². The molecule has 1 aromatic carbocycles. The number of methoxy groups -OCH3 is 1. The van der Waals surface area contributed by atoms with E-state index in [4.69, 9.17) is 20.9 Å². The molecule has 1 N–H and O–H groups in total. The number of halogens is 1. The molecule has 0 amide bonds. The van der Waals surface area contributed by atoms with Gasteiger partial charge < -0.3 is 14.6 Å². The first kappa shape index (κ1) is 19.8. The Morgan fingerprint density at radius 1 is 1.24 bits per heavy atom. The number of nitrogens with one attached hydrogen (secondary N) is 1. The largest absolute Gasteiger partial charge is 0.383 e. The highest BCUT2D eigenvalue weighted by molar-refractivity contribution is 6.30. The zero-order valence-electron chi connectivity index (χ0n) is 16.3. The van der Waals surface area contributed by atoms with Crippen molar-refractivity contribution in [2.24, 2.45) is 0 Å². The summed E-state index contributed by atoms with van der Waals surface area (Å²) in [6.45, 7) is 3.18. The quantitative estimate of drug-likeness (QED) is 0.555. The molecular weight excluding hydrogens is 390 g/mol. The highest BCUT2D eigenvalue weighted by atomic mass is 35.5. The third kappa shape index (κ3) is 4.93. The van der Waals surface area contributed by atoms with Crippen LogP contribution in [0.5, 0.6) is 0 Å². The molecule has 29 heavy (non-hydrogen) atoms. The number of anilines is 1. The Morgan fingerprint density at radius 2 is 2.10 bits per heavy atom. The van der Waals surface area contributed by atoms with Gasteiger partial charge in [-0.05, 0) is 49.2 Å². The highest BCUT2D eigenvalue weighted by Gasteiger charge is 2.30. The maximum Gasteiger partial charge on any atom is 0.244 e. The summed E-state index contributed by atoms with van der Waals surface area (Å²) in [4.78, 5) is 11.4. The zero-order valence-corrected chi connectivity index (χ0v) is 17.1. The average Bonchev–Trinajstić information content (AvgIpc) is 3.40. The van der Waals surface area contributed by atoms with Crippen molar-refractivity contribution in [1.29, 1.82) is 0 Å². The third-order valence-corrected chi connectivity index (χ3v) is 5.28. The molecule has 0 saturated carbocycles. The van der Waals surface area contributed by atoms with E-state index in [9.17, 15) is 0 Å². The fraction of sp³-hybridized carbons (Fsp3) is 0.381. The molecule has 0 spiro atoms. The van der Waals surface area contributed by atoms with Crippen LogP contribution in [0.25, 0.3) is 11.4 Å². The lowest BCUT2D eigenvalue weighted by atomic mass is 10.2. The predicted molar refractivity (Wildman–Crippen MR) is 112 cm³/mol. The van der Waals surface area contributed by atoms with E-state index in [1.807, 2.05) is 24.3 Å². The van der Waals surface area contributed by atoms with Gasteiger partial charge in [0.15, 0.2) is 0 Å². The van der Waals surface area contributed by atoms with Gasteiger partial charge in [-0.3, -0.25) is 4.90 Å². The summed E-state index contributed by atoms with van der Waals surface area (Å²) in [6, 6.07) is 12.0. The Balaban J connectivity index is 1.43. The van der Waals surface area contributed by atoms with Crippen LogP contribution in [0.3, 0.4) is 0 Å². The van der Waals surface area contributed by atoms with Gasteiger partial charge in [0.25, 0.3) is 0 Å². The summed E-state index contributed by atoms with van der Waals surface area (Å²) >= 11 is 5.99. The third-order valence-electron chi connectivity index (χ3n) is 5.02. The minimum Gasteiger partial charge on any atom is -0.383 e. The molecule has 4 rings (SSSR count). The van der Waals surface area contributed by atoms with Gasteiger partial charge in [0.05, 0.1) is 12.6 Å². The van der Waals surface area contributed by atoms with Crippen LogP contribution in [-0.2, 0) is 11.3 Å². The van der Waals surface area contributed by atoms with E-state index in [0.717, 1.165) is 42.3 Å². The lowest BCUT2D eigenvalue weighted by Gasteiger charge is -2.21. The maximum absolute atomic E-state index is 5.99. The van der Waals surface area contributed by atoms with Crippen LogP contribution in [0.15, 0.2) is 47.1 Å². The number of aromatic nitrogens is 3. The predicted octanol–water partition coefficient (Wildman–Crippen LogP) is 4.18. The second kappa shape index (κ2) is 9.35. The molecule has 0 radical (unpaired) electrons. The topological polar surface area (TPSA) is 76.3 Å². The smallest absolute Gasteiger partial charge is 0.244 e. The average molecular weight is 414 g/mol. The van der Waals surface area contributed by atoms with Gasteiger partial charge in [0.2, 0.25) is 11.7 Å². The Hall–Kier alpha value is -2.48. The number of hydrogen-bond donors (Lipinski definition) is 1. The fourth-order valence-corrected chi connectivity index (χ4v) is 3.65. The van der Waals surface area contributed by atoms with E-state index in [2.05, 4.69) is 37.5 Å². The molecule has 8 heteroatoms. The lowest BCUT2D eigenvalue weighted by molar-refractivity contribution is 0.201. The number of ether oxygens (including phenoxy) is 1. The van der Waals surface area contributed by atoms with Crippen molar-refractivity contribution in [1.82, 2.24) is 20.0 Å². The molecule has 1 unspecified atom stereocenters. The van der Waals surface area contributed by atoms with Crippen molar-refractivity contribution in [3.63, 3.8) is 0 Å². The van der Waals surface area contributed by atoms with Gasteiger partial charge in [0.1, 0.15) is 5.82 Å². The summed E-state index contributed by atoms with van der Waals surface area (Å²) in [5, 5.41) is 8.12. The molecule has 1 saturated heterocycles. The summed E-state index contributed by atoms with van der Waals surface area (Å²) in [6.07, 6.45) is 3.87. The standard InChI is InChI=1S/C21H24ClN5O2/c1-28-12-10-23-19-9-6-16(13-24-19)20-25-21(29-26-20)18-3-2-11-27(18)14-15-4-7-17(22)8-5-15/h4-9,13,18H,2-3,10-12,14H2,1H3,(H,23,24). The minimum atomic E-state index is 0.134. The van der Waals surface area contributed by atoms with Crippen molar-refractivity contribution in [2.45, 2.75) is 25.4 Å². The van der Waals surface area contributed by atoms with Crippen LogP contribution in [0.2, 0.25) is 5.02 Å². The highest BCUT2D eigenvalue weighted by Crippen LogP contribution is 2.33. The second-order valence-corrected chi connectivity index (χ2v) is 7.50. The Labute approximate surface area is 175 Å². The summed E-state index contributed by atoms with van der Waals surface area (Å²) < 4.78 is 10.6. The molecule has 1 aliphatic heterocycles. The van der Waals surface area contributed by atoms with Crippen molar-refractivity contribution >= 4 is 17.4 Å². The molecule has 7 nitrogen and oxygen atoms in total. The van der Waals surface area contributed by atoms with E-state index in [1.165, 1.54) is 5.56 Å². The van der Waals surface area contributed by atoms with Crippen LogP contribution >= 0.6 is 11.6 Å². The molecular formula is C21H24ClN5O2. The molecule has 1 atom stereocenters. The second-order valence-electron chi connectivity index (χ2n) is 7.06. The van der Waals surface area contributed by atoms with Gasteiger partial charge in [-0.15, -0.1) is 0 Å². The summed E-state index contributed by atoms with van der Waals surface area (Å²) in [5.74, 6) is 2.02. The van der Waals surface area contributed by atoms with Crippen LogP contribution in [-0.4, -0.2) is 46.8 Å². The SMILES string of the molecule is COCCNc1ccc(-c2noc(C3CCCN3Cc3ccc(Cl)cc3)n2)cn1. The first-order valence-corrected chi connectivity index (χ1v) is 10.1. The molecule has 1 fully saturated rings. The molecule has 152 valence electrons. The van der Waals surface area contributed by atoms with Gasteiger partial charge in [-0.25, -0.2) is 4.98 Å². The number of hydrogen-bond acceptors (Lipinski definition) is 7. The Kier molecular flexibility index (Phi) is 6.39. The Bertz CT molecular complexity index is 914. The van der Waals surface area contributed by atoms with E-state index in [1.54, 1.807) is 13.3 Å². The molecule has 3 aromatic rings. The first-order chi connectivity index (χ1) is 14.2. The molecule has 0 aliphatic carbocycles. The van der Waals surface area contributed by atoms with E-state index in [-0.39, 0.29) is 6.04 Å². The normalized spacial score (nSPS) is 17.0. The molecule has 3 heterocycles. The number of benzene rings is 1. The van der Waals surface area contributed by atoms with E-state index >= 15 is 0 Å². The van der Waals surface area contributed by atoms with Crippen LogP contribution in [0, 0.1) is 0 Å². The van der Waals surface area contributed by atoms with Gasteiger partial charge in [-0.1, -0.05) is 28.9 Å². The van der Waals surface area contributed by atoms with Crippen LogP contribution < -0.4 is 5.32 Å². The summed E-state index contributed by atoms with van der Waals surface area (Å²) in [5.41, 5.74) is 2.06. The molecule has 0 bridgehead atoms. The summed E-state index contributed by atoms with van der Waals surface area (Å²) in [7, 11) is 1.67. The molecule has 2 aromatic heterocycles. The van der Waals surface area contributed by atoms with Crippen molar-refractivity contribution < 1.29 is 9.26 Å². The number of rotatable bonds is 8. The zero-order chi connectivity index (χ0) is 20.1. The van der Waals surface area contributed by atoms with Gasteiger partial charge in [0, 0.05) is 37.0 Å². The Morgan fingerprint density at radius 3 is 2.86 bits per heavy atom. The van der Waals surface area contributed by atoms with E-state index < -0.39 is 0 Å². The van der Waals surface area contributed by atoms with Gasteiger partial charge >= 0.3 is 0 Å². The van der Waals surface area contributed by atoms with Crippen molar-refractivity contribution in [3.05, 3.63) is 59.1 Å². The van der Waals surface area contributed by atoms with Gasteiger partial charge in [-0.2, -0.15) is 4.98 Å².